The zero-order chi connectivity index (χ0) is 10.6. The third-order valence-corrected chi connectivity index (χ3v) is 2.79. The van der Waals surface area contributed by atoms with E-state index < -0.39 is 10.0 Å². The molecule has 0 saturated carbocycles. The molecule has 0 aliphatic rings. The molecule has 1 rings (SSSR count). The first-order chi connectivity index (χ1) is 6.56. The molecule has 5 nitrogen and oxygen atoms in total. The molecule has 0 spiro atoms. The van der Waals surface area contributed by atoms with Gasteiger partial charge in [-0.05, 0) is 12.1 Å². The fourth-order valence-corrected chi connectivity index (χ4v) is 1.72. The number of nitrogens with one attached hydrogen (secondary N) is 1. The largest absolute Gasteiger partial charge is 0.397 e. The highest BCUT2D eigenvalue weighted by Crippen LogP contribution is 2.06. The lowest BCUT2D eigenvalue weighted by molar-refractivity contribution is 0.582. The molecule has 0 radical (unpaired) electrons. The van der Waals surface area contributed by atoms with Crippen molar-refractivity contribution in [3.05, 3.63) is 31.0 Å². The van der Waals surface area contributed by atoms with Gasteiger partial charge in [0.1, 0.15) is 0 Å². The van der Waals surface area contributed by atoms with E-state index in [1.807, 2.05) is 0 Å². The van der Waals surface area contributed by atoms with Crippen molar-refractivity contribution in [3.63, 3.8) is 0 Å². The Kier molecular flexibility index (Phi) is 3.21. The van der Waals surface area contributed by atoms with E-state index in [4.69, 9.17) is 5.73 Å². The van der Waals surface area contributed by atoms with Crippen LogP contribution in [-0.2, 0) is 10.0 Å². The molecule has 0 aromatic carbocycles. The van der Waals surface area contributed by atoms with E-state index in [1.54, 1.807) is 0 Å². The van der Waals surface area contributed by atoms with Gasteiger partial charge >= 0.3 is 0 Å². The van der Waals surface area contributed by atoms with Gasteiger partial charge in [0.05, 0.1) is 11.9 Å². The molecule has 0 fully saturated rings. The maximum absolute atomic E-state index is 11.4. The minimum absolute atomic E-state index is 0.0476. The topological polar surface area (TPSA) is 85.1 Å². The molecule has 0 bridgehead atoms. The summed E-state index contributed by atoms with van der Waals surface area (Å²) in [6, 6.07) is 2.83. The molecule has 0 aliphatic carbocycles. The number of nitrogens with zero attached hydrogens (tertiary/aromatic N) is 1. The number of anilines is 1. The lowest BCUT2D eigenvalue weighted by atomic mass is 10.4. The fourth-order valence-electron chi connectivity index (χ4n) is 0.793. The predicted octanol–water partition coefficient (Wildman–Crippen LogP) is 0.128. The average Bonchev–Trinajstić information content (AvgIpc) is 2.16. The Morgan fingerprint density at radius 1 is 1.57 bits per heavy atom. The van der Waals surface area contributed by atoms with Crippen molar-refractivity contribution in [2.75, 3.05) is 12.3 Å². The predicted molar refractivity (Wildman–Crippen MR) is 54.0 cm³/mol. The van der Waals surface area contributed by atoms with Gasteiger partial charge in [-0.1, -0.05) is 6.08 Å². The molecule has 1 aromatic heterocycles. The summed E-state index contributed by atoms with van der Waals surface area (Å²) in [5.74, 6) is 0. The summed E-state index contributed by atoms with van der Waals surface area (Å²) >= 11 is 0. The highest BCUT2D eigenvalue weighted by Gasteiger charge is 2.13. The van der Waals surface area contributed by atoms with Gasteiger partial charge in [-0.3, -0.25) is 0 Å². The molecule has 76 valence electrons. The second kappa shape index (κ2) is 4.21. The summed E-state index contributed by atoms with van der Waals surface area (Å²) < 4.78 is 25.2. The Balaban J connectivity index is 2.93. The van der Waals surface area contributed by atoms with Crippen LogP contribution < -0.4 is 10.5 Å². The number of sulfonamides is 1. The van der Waals surface area contributed by atoms with Crippen LogP contribution >= 0.6 is 0 Å². The van der Waals surface area contributed by atoms with E-state index in [0.29, 0.717) is 5.69 Å². The van der Waals surface area contributed by atoms with Crippen molar-refractivity contribution in [1.29, 1.82) is 0 Å². The number of nitrogen functional groups attached to an aromatic ring is 1. The fraction of sp³-hybridized carbons (Fsp3) is 0.125. The zero-order valence-corrected chi connectivity index (χ0v) is 8.29. The summed E-state index contributed by atoms with van der Waals surface area (Å²) in [6.07, 6.45) is 2.75. The first-order valence-corrected chi connectivity index (χ1v) is 5.36. The summed E-state index contributed by atoms with van der Waals surface area (Å²) in [5, 5.41) is -0.0476. The number of rotatable bonds is 4. The lowest BCUT2D eigenvalue weighted by Gasteiger charge is -2.03. The number of hydrogen-bond donors (Lipinski definition) is 2. The van der Waals surface area contributed by atoms with E-state index in [0.717, 1.165) is 0 Å². The van der Waals surface area contributed by atoms with Crippen LogP contribution in [0.1, 0.15) is 0 Å². The van der Waals surface area contributed by atoms with E-state index in [9.17, 15) is 8.42 Å². The first kappa shape index (κ1) is 10.7. The molecule has 0 saturated heterocycles. The second-order valence-corrected chi connectivity index (χ2v) is 4.28. The highest BCUT2D eigenvalue weighted by atomic mass is 32.2. The van der Waals surface area contributed by atoms with Crippen molar-refractivity contribution >= 4 is 15.7 Å². The quantitative estimate of drug-likeness (QED) is 0.696. The van der Waals surface area contributed by atoms with Gasteiger partial charge in [0, 0.05) is 6.54 Å². The minimum atomic E-state index is -3.53. The number of hydrogen-bond acceptors (Lipinski definition) is 4. The van der Waals surface area contributed by atoms with Crippen molar-refractivity contribution < 1.29 is 8.42 Å². The SMILES string of the molecule is C=CCNS(=O)(=O)c1ccc(N)cn1. The summed E-state index contributed by atoms with van der Waals surface area (Å²) in [5.41, 5.74) is 5.80. The minimum Gasteiger partial charge on any atom is -0.397 e. The molecular weight excluding hydrogens is 202 g/mol. The van der Waals surface area contributed by atoms with Crippen LogP contribution in [0.4, 0.5) is 5.69 Å². The van der Waals surface area contributed by atoms with Gasteiger partial charge in [0.15, 0.2) is 5.03 Å². The molecule has 0 aliphatic heterocycles. The van der Waals surface area contributed by atoms with E-state index in [1.165, 1.54) is 24.4 Å². The van der Waals surface area contributed by atoms with Crippen LogP contribution in [-0.4, -0.2) is 19.9 Å². The zero-order valence-electron chi connectivity index (χ0n) is 7.47. The Bertz CT molecular complexity index is 411. The van der Waals surface area contributed by atoms with Gasteiger partial charge in [0.25, 0.3) is 10.0 Å². The van der Waals surface area contributed by atoms with Crippen LogP contribution in [0, 0.1) is 0 Å². The summed E-state index contributed by atoms with van der Waals surface area (Å²) in [4.78, 5) is 3.69. The number of pyridine rings is 1. The lowest BCUT2D eigenvalue weighted by Crippen LogP contribution is -2.24. The standard InChI is InChI=1S/C8H11N3O2S/c1-2-5-11-14(12,13)8-4-3-7(9)6-10-8/h2-4,6,11H,1,5,9H2. The Morgan fingerprint density at radius 3 is 2.79 bits per heavy atom. The molecule has 1 heterocycles. The molecule has 14 heavy (non-hydrogen) atoms. The van der Waals surface area contributed by atoms with Crippen LogP contribution in [0.3, 0.4) is 0 Å². The second-order valence-electron chi connectivity index (χ2n) is 2.57. The number of nitrogens with two attached hydrogens (primary N) is 1. The van der Waals surface area contributed by atoms with Gasteiger partial charge in [-0.25, -0.2) is 18.1 Å². The summed E-state index contributed by atoms with van der Waals surface area (Å²) in [7, 11) is -3.53. The van der Waals surface area contributed by atoms with E-state index in [2.05, 4.69) is 16.3 Å². The van der Waals surface area contributed by atoms with Crippen LogP contribution in [0.15, 0.2) is 36.0 Å². The Morgan fingerprint density at radius 2 is 2.29 bits per heavy atom. The van der Waals surface area contributed by atoms with Crippen molar-refractivity contribution in [1.82, 2.24) is 9.71 Å². The van der Waals surface area contributed by atoms with E-state index in [-0.39, 0.29) is 11.6 Å². The third kappa shape index (κ3) is 2.54. The molecule has 1 aromatic rings. The van der Waals surface area contributed by atoms with Crippen molar-refractivity contribution in [2.45, 2.75) is 5.03 Å². The summed E-state index contributed by atoms with van der Waals surface area (Å²) in [6.45, 7) is 3.58. The van der Waals surface area contributed by atoms with E-state index >= 15 is 0 Å². The monoisotopic (exact) mass is 213 g/mol. The Labute approximate surface area is 82.7 Å². The molecule has 6 heteroatoms. The first-order valence-electron chi connectivity index (χ1n) is 3.88. The molecule has 3 N–H and O–H groups in total. The number of aromatic nitrogens is 1. The molecule has 0 amide bonds. The van der Waals surface area contributed by atoms with Crippen molar-refractivity contribution in [2.24, 2.45) is 0 Å². The van der Waals surface area contributed by atoms with Gasteiger partial charge in [-0.2, -0.15) is 0 Å². The third-order valence-electron chi connectivity index (χ3n) is 1.45. The van der Waals surface area contributed by atoms with Crippen LogP contribution in [0.25, 0.3) is 0 Å². The molecule has 0 unspecified atom stereocenters. The Hall–Kier alpha value is -1.40. The van der Waals surface area contributed by atoms with Gasteiger partial charge in [0.2, 0.25) is 0 Å². The van der Waals surface area contributed by atoms with Crippen molar-refractivity contribution in [3.8, 4) is 0 Å². The molecule has 0 atom stereocenters. The van der Waals surface area contributed by atoms with Gasteiger partial charge in [-0.15, -0.1) is 6.58 Å². The maximum Gasteiger partial charge on any atom is 0.258 e. The normalized spacial score (nSPS) is 11.1. The van der Waals surface area contributed by atoms with Crippen LogP contribution in [0.2, 0.25) is 0 Å². The average molecular weight is 213 g/mol. The maximum atomic E-state index is 11.4. The smallest absolute Gasteiger partial charge is 0.258 e. The highest BCUT2D eigenvalue weighted by molar-refractivity contribution is 7.89. The van der Waals surface area contributed by atoms with Crippen LogP contribution in [0.5, 0.6) is 0 Å². The molecular formula is C8H11N3O2S. The van der Waals surface area contributed by atoms with Gasteiger partial charge < -0.3 is 5.73 Å².